The van der Waals surface area contributed by atoms with Crippen molar-refractivity contribution in [2.24, 2.45) is 7.05 Å². The molecule has 0 amide bonds. The molecule has 2 nitrogen and oxygen atoms in total. The van der Waals surface area contributed by atoms with Gasteiger partial charge in [0.05, 0.1) is 18.3 Å². The van der Waals surface area contributed by atoms with Crippen LogP contribution in [0.15, 0.2) is 48.7 Å². The molecule has 4 heteroatoms. The summed E-state index contributed by atoms with van der Waals surface area (Å²) >= 11 is 0. The maximum Gasteiger partial charge on any atom is 0.274 e. The van der Waals surface area contributed by atoms with Crippen LogP contribution in [0, 0.1) is 25.5 Å². The maximum absolute atomic E-state index is 14.2. The van der Waals surface area contributed by atoms with E-state index in [-0.39, 0.29) is 0 Å². The lowest BCUT2D eigenvalue weighted by Crippen LogP contribution is -2.41. The smallest absolute Gasteiger partial charge is 0.207 e. The average molecular weight is 299 g/mol. The van der Waals surface area contributed by atoms with Gasteiger partial charge in [0.2, 0.25) is 6.20 Å². The minimum Gasteiger partial charge on any atom is -0.207 e. The van der Waals surface area contributed by atoms with Crippen LogP contribution in [-0.2, 0) is 7.05 Å². The second-order valence-corrected chi connectivity index (χ2v) is 5.42. The molecule has 0 radical (unpaired) electrons. The molecule has 0 fully saturated rings. The van der Waals surface area contributed by atoms with Crippen molar-refractivity contribution in [2.75, 3.05) is 0 Å². The van der Waals surface area contributed by atoms with Gasteiger partial charge in [-0.25, -0.2) is 4.39 Å². The molecule has 3 aromatic rings. The van der Waals surface area contributed by atoms with Gasteiger partial charge in [0.25, 0.3) is 5.69 Å². The van der Waals surface area contributed by atoms with E-state index in [9.17, 15) is 8.78 Å². The molecule has 0 bridgehead atoms. The van der Waals surface area contributed by atoms with Crippen LogP contribution >= 0.6 is 0 Å². The molecule has 0 aliphatic carbocycles. The quantitative estimate of drug-likeness (QED) is 0.635. The van der Waals surface area contributed by atoms with Gasteiger partial charge in [-0.2, -0.15) is 9.07 Å². The molecule has 0 aliphatic heterocycles. The van der Waals surface area contributed by atoms with Crippen molar-refractivity contribution >= 4 is 0 Å². The minimum atomic E-state index is -0.567. The lowest BCUT2D eigenvalue weighted by atomic mass is 10.1. The first-order valence-electron chi connectivity index (χ1n) is 7.08. The van der Waals surface area contributed by atoms with Crippen molar-refractivity contribution in [1.29, 1.82) is 0 Å². The summed E-state index contributed by atoms with van der Waals surface area (Å²) in [7, 11) is 1.87. The van der Waals surface area contributed by atoms with E-state index in [1.165, 1.54) is 6.07 Å². The molecule has 0 saturated heterocycles. The van der Waals surface area contributed by atoms with Crippen molar-refractivity contribution in [3.05, 3.63) is 71.6 Å². The van der Waals surface area contributed by atoms with E-state index in [2.05, 4.69) is 0 Å². The van der Waals surface area contributed by atoms with Crippen molar-refractivity contribution in [3.63, 3.8) is 0 Å². The van der Waals surface area contributed by atoms with Crippen molar-refractivity contribution in [3.8, 4) is 16.8 Å². The number of hydrogen-bond donors (Lipinski definition) is 0. The normalized spacial score (nSPS) is 11.0. The molecule has 112 valence electrons. The van der Waals surface area contributed by atoms with Gasteiger partial charge in [-0.1, -0.05) is 35.0 Å². The summed E-state index contributed by atoms with van der Waals surface area (Å²) in [5.41, 5.74) is 4.02. The van der Waals surface area contributed by atoms with Crippen LogP contribution in [-0.4, -0.2) is 4.68 Å². The molecule has 0 aliphatic rings. The van der Waals surface area contributed by atoms with Gasteiger partial charge >= 0.3 is 0 Å². The average Bonchev–Trinajstić information content (AvgIpc) is 2.76. The first kappa shape index (κ1) is 14.4. The zero-order chi connectivity index (χ0) is 15.9. The number of nitrogens with zero attached hydrogens (tertiary/aromatic N) is 2. The molecule has 22 heavy (non-hydrogen) atoms. The van der Waals surface area contributed by atoms with Crippen LogP contribution in [0.1, 0.15) is 11.3 Å². The number of hydrogen-bond acceptors (Lipinski definition) is 0. The maximum atomic E-state index is 14.2. The summed E-state index contributed by atoms with van der Waals surface area (Å²) < 4.78 is 31.2. The van der Waals surface area contributed by atoms with Crippen LogP contribution in [0.25, 0.3) is 16.8 Å². The standard InChI is InChI=1S/C18H17F2N2/c1-12-9-15(19)10-17(20)18(12)22-11-16(13(2)21(22)3)14-7-5-4-6-8-14/h4-11H,1-3H3/q+1. The van der Waals surface area contributed by atoms with Crippen LogP contribution in [0.2, 0.25) is 0 Å². The summed E-state index contributed by atoms with van der Waals surface area (Å²) in [5, 5.41) is 0. The summed E-state index contributed by atoms with van der Waals surface area (Å²) in [6.45, 7) is 3.69. The Morgan fingerprint density at radius 2 is 1.68 bits per heavy atom. The van der Waals surface area contributed by atoms with Gasteiger partial charge in [0.1, 0.15) is 5.82 Å². The number of halogens is 2. The van der Waals surface area contributed by atoms with Crippen LogP contribution < -0.4 is 4.68 Å². The molecular weight excluding hydrogens is 282 g/mol. The molecule has 0 atom stereocenters. The van der Waals surface area contributed by atoms with Crippen molar-refractivity contribution < 1.29 is 13.5 Å². The van der Waals surface area contributed by atoms with E-state index in [0.717, 1.165) is 22.9 Å². The van der Waals surface area contributed by atoms with Crippen LogP contribution in [0.4, 0.5) is 8.78 Å². The Labute approximate surface area is 128 Å². The Kier molecular flexibility index (Phi) is 3.53. The molecule has 0 saturated carbocycles. The molecular formula is C18H17F2N2+. The lowest BCUT2D eigenvalue weighted by Gasteiger charge is -2.02. The molecule has 2 aromatic carbocycles. The third kappa shape index (κ3) is 2.30. The second kappa shape index (κ2) is 5.37. The number of benzene rings is 2. The van der Waals surface area contributed by atoms with Gasteiger partial charge in [-0.05, 0) is 25.5 Å². The third-order valence-electron chi connectivity index (χ3n) is 3.98. The third-order valence-corrected chi connectivity index (χ3v) is 3.98. The number of rotatable bonds is 2. The predicted molar refractivity (Wildman–Crippen MR) is 81.8 cm³/mol. The van der Waals surface area contributed by atoms with E-state index in [1.54, 1.807) is 11.6 Å². The summed E-state index contributed by atoms with van der Waals surface area (Å²) in [5.74, 6) is -1.13. The molecule has 3 rings (SSSR count). The van der Waals surface area contributed by atoms with E-state index in [1.807, 2.05) is 55.2 Å². The highest BCUT2D eigenvalue weighted by Gasteiger charge is 2.25. The van der Waals surface area contributed by atoms with Gasteiger partial charge in [-0.3, -0.25) is 0 Å². The Morgan fingerprint density at radius 1 is 1.00 bits per heavy atom. The first-order valence-corrected chi connectivity index (χ1v) is 7.08. The molecule has 0 spiro atoms. The monoisotopic (exact) mass is 299 g/mol. The van der Waals surface area contributed by atoms with E-state index in [4.69, 9.17) is 0 Å². The van der Waals surface area contributed by atoms with Gasteiger partial charge in [-0.15, -0.1) is 0 Å². The molecule has 0 N–H and O–H groups in total. The SMILES string of the molecule is Cc1cc(F)cc(F)c1-[n+]1cc(-c2ccccc2)c(C)n1C. The second-order valence-electron chi connectivity index (χ2n) is 5.42. The Balaban J connectivity index is 2.23. The lowest BCUT2D eigenvalue weighted by molar-refractivity contribution is -0.684. The molecule has 0 unspecified atom stereocenters. The highest BCUT2D eigenvalue weighted by molar-refractivity contribution is 5.64. The number of aryl methyl sites for hydroxylation is 1. The molecule has 1 aromatic heterocycles. The van der Waals surface area contributed by atoms with E-state index >= 15 is 0 Å². The summed E-state index contributed by atoms with van der Waals surface area (Å²) in [6.07, 6.45) is 1.88. The highest BCUT2D eigenvalue weighted by Crippen LogP contribution is 2.23. The molecule has 1 heterocycles. The Morgan fingerprint density at radius 3 is 2.32 bits per heavy atom. The highest BCUT2D eigenvalue weighted by atomic mass is 19.1. The van der Waals surface area contributed by atoms with Gasteiger partial charge < -0.3 is 0 Å². The zero-order valence-corrected chi connectivity index (χ0v) is 12.8. The fourth-order valence-electron chi connectivity index (χ4n) is 2.74. The van der Waals surface area contributed by atoms with Crippen molar-refractivity contribution in [2.45, 2.75) is 13.8 Å². The predicted octanol–water partition coefficient (Wildman–Crippen LogP) is 3.86. The largest absolute Gasteiger partial charge is 0.274 e. The van der Waals surface area contributed by atoms with Gasteiger partial charge in [0, 0.05) is 11.6 Å². The summed E-state index contributed by atoms with van der Waals surface area (Å²) in [6, 6.07) is 12.2. The fourth-order valence-corrected chi connectivity index (χ4v) is 2.74. The van der Waals surface area contributed by atoms with Crippen molar-refractivity contribution in [1.82, 2.24) is 4.68 Å². The van der Waals surface area contributed by atoms with Crippen LogP contribution in [0.5, 0.6) is 0 Å². The minimum absolute atomic E-state index is 0.370. The van der Waals surface area contributed by atoms with E-state index < -0.39 is 11.6 Å². The number of aromatic nitrogens is 2. The van der Waals surface area contributed by atoms with Crippen LogP contribution in [0.3, 0.4) is 0 Å². The first-order chi connectivity index (χ1) is 10.5. The zero-order valence-electron chi connectivity index (χ0n) is 12.8. The Bertz CT molecular complexity index is 813. The van der Waals surface area contributed by atoms with Gasteiger partial charge in [0.15, 0.2) is 5.82 Å². The Hall–Kier alpha value is -2.49. The topological polar surface area (TPSA) is 8.81 Å². The van der Waals surface area contributed by atoms with E-state index in [0.29, 0.717) is 11.3 Å². The fraction of sp³-hybridized carbons (Fsp3) is 0.167. The summed E-state index contributed by atoms with van der Waals surface area (Å²) in [4.78, 5) is 0.